The van der Waals surface area contributed by atoms with Crippen molar-refractivity contribution in [3.05, 3.63) is 29.8 Å². The van der Waals surface area contributed by atoms with Gasteiger partial charge in [-0.15, -0.1) is 11.8 Å². The minimum Gasteiger partial charge on any atom is -0.334 e. The van der Waals surface area contributed by atoms with E-state index in [0.29, 0.717) is 11.7 Å². The van der Waals surface area contributed by atoms with Crippen LogP contribution in [-0.4, -0.2) is 55.2 Å². The van der Waals surface area contributed by atoms with Crippen LogP contribution in [-0.2, 0) is 9.84 Å². The fraction of sp³-hybridized carbons (Fsp3) is 0.588. The predicted octanol–water partition coefficient (Wildman–Crippen LogP) is 2.45. The molecule has 1 N–H and O–H groups in total. The molecule has 2 fully saturated rings. The van der Waals surface area contributed by atoms with Crippen LogP contribution in [0.15, 0.2) is 29.2 Å². The molecule has 1 unspecified atom stereocenters. The largest absolute Gasteiger partial charge is 0.334 e. The van der Waals surface area contributed by atoms with E-state index in [1.165, 1.54) is 10.5 Å². The number of hydrogen-bond acceptors (Lipinski definition) is 4. The summed E-state index contributed by atoms with van der Waals surface area (Å²) in [6.45, 7) is 3.56. The van der Waals surface area contributed by atoms with Crippen LogP contribution in [0.3, 0.4) is 0 Å². The number of thioether (sulfide) groups is 1. The van der Waals surface area contributed by atoms with Gasteiger partial charge in [-0.25, -0.2) is 13.2 Å². The van der Waals surface area contributed by atoms with Gasteiger partial charge >= 0.3 is 6.03 Å². The van der Waals surface area contributed by atoms with Crippen molar-refractivity contribution < 1.29 is 13.2 Å². The van der Waals surface area contributed by atoms with Gasteiger partial charge in [-0.3, -0.25) is 0 Å². The van der Waals surface area contributed by atoms with Crippen LogP contribution in [0.25, 0.3) is 0 Å². The number of carbonyl (C=O) groups is 1. The lowest BCUT2D eigenvalue weighted by Gasteiger charge is -2.32. The molecule has 0 radical (unpaired) electrons. The molecule has 1 atom stereocenters. The smallest absolute Gasteiger partial charge is 0.317 e. The van der Waals surface area contributed by atoms with Crippen LogP contribution >= 0.6 is 11.8 Å². The molecule has 0 bridgehead atoms. The number of urea groups is 1. The van der Waals surface area contributed by atoms with Crippen molar-refractivity contribution in [3.8, 4) is 0 Å². The van der Waals surface area contributed by atoms with Crippen molar-refractivity contribution in [1.29, 1.82) is 0 Å². The molecule has 0 aromatic heterocycles. The number of aryl methyl sites for hydroxylation is 1. The van der Waals surface area contributed by atoms with E-state index in [-0.39, 0.29) is 23.6 Å². The molecule has 2 aliphatic rings. The minimum atomic E-state index is -2.96. The van der Waals surface area contributed by atoms with Crippen molar-refractivity contribution in [2.75, 3.05) is 24.6 Å². The number of hydrogen-bond donors (Lipinski definition) is 1. The van der Waals surface area contributed by atoms with Crippen LogP contribution in [0.4, 0.5) is 4.79 Å². The van der Waals surface area contributed by atoms with Crippen LogP contribution in [0.2, 0.25) is 0 Å². The van der Waals surface area contributed by atoms with Gasteiger partial charge in [0.15, 0.2) is 9.84 Å². The number of carbonyl (C=O) groups excluding carboxylic acids is 1. The normalized spacial score (nSPS) is 24.0. The Morgan fingerprint density at radius 2 is 2.00 bits per heavy atom. The quantitative estimate of drug-likeness (QED) is 0.890. The van der Waals surface area contributed by atoms with Crippen molar-refractivity contribution in [2.45, 2.75) is 42.4 Å². The lowest BCUT2D eigenvalue weighted by molar-refractivity contribution is 0.184. The summed E-state index contributed by atoms with van der Waals surface area (Å²) in [6.07, 6.45) is 2.47. The van der Waals surface area contributed by atoms with E-state index in [4.69, 9.17) is 0 Å². The molecule has 0 saturated carbocycles. The Bertz CT molecular complexity index is 698. The number of rotatable bonds is 3. The summed E-state index contributed by atoms with van der Waals surface area (Å²) in [5, 5.41) is 3.41. The number of nitrogens with zero attached hydrogens (tertiary/aromatic N) is 1. The zero-order chi connectivity index (χ0) is 17.2. The monoisotopic (exact) mass is 368 g/mol. The highest BCUT2D eigenvalue weighted by Gasteiger charge is 2.31. The van der Waals surface area contributed by atoms with E-state index >= 15 is 0 Å². The maximum absolute atomic E-state index is 12.3. The molecule has 2 heterocycles. The SMILES string of the molecule is Cc1cccc(SC2CCN(C(=O)NC3CCS(=O)(=O)C3)CC2)c1. The molecule has 1 aromatic carbocycles. The van der Waals surface area contributed by atoms with Gasteiger partial charge in [0.1, 0.15) is 0 Å². The molecule has 1 aromatic rings. The molecular weight excluding hydrogens is 344 g/mol. The molecule has 2 amide bonds. The van der Waals surface area contributed by atoms with E-state index in [1.54, 1.807) is 0 Å². The first kappa shape index (κ1) is 17.6. The zero-order valence-corrected chi connectivity index (χ0v) is 15.5. The van der Waals surface area contributed by atoms with Crippen molar-refractivity contribution in [3.63, 3.8) is 0 Å². The van der Waals surface area contributed by atoms with E-state index < -0.39 is 9.84 Å². The number of benzene rings is 1. The van der Waals surface area contributed by atoms with Gasteiger partial charge in [0.2, 0.25) is 0 Å². The van der Waals surface area contributed by atoms with Crippen LogP contribution in [0.1, 0.15) is 24.8 Å². The molecule has 24 heavy (non-hydrogen) atoms. The van der Waals surface area contributed by atoms with Crippen molar-refractivity contribution in [2.24, 2.45) is 0 Å². The van der Waals surface area contributed by atoms with Gasteiger partial charge in [0.05, 0.1) is 11.5 Å². The van der Waals surface area contributed by atoms with Crippen molar-refractivity contribution >= 4 is 27.6 Å². The molecule has 3 rings (SSSR count). The van der Waals surface area contributed by atoms with E-state index in [9.17, 15) is 13.2 Å². The summed E-state index contributed by atoms with van der Waals surface area (Å²) in [5.41, 5.74) is 1.27. The van der Waals surface area contributed by atoms with Crippen LogP contribution < -0.4 is 5.32 Å². The second-order valence-corrected chi connectivity index (χ2v) is 10.3. The molecular formula is C17H24N2O3S2. The molecule has 2 aliphatic heterocycles. The molecule has 5 nitrogen and oxygen atoms in total. The third-order valence-electron chi connectivity index (χ3n) is 4.58. The molecule has 132 valence electrons. The Labute approximate surface area is 148 Å². The molecule has 2 saturated heterocycles. The Morgan fingerprint density at radius 1 is 1.25 bits per heavy atom. The topological polar surface area (TPSA) is 66.5 Å². The summed E-state index contributed by atoms with van der Waals surface area (Å²) < 4.78 is 22.9. The number of sulfone groups is 1. The molecule has 0 aliphatic carbocycles. The van der Waals surface area contributed by atoms with Gasteiger partial charge in [-0.1, -0.05) is 17.7 Å². The van der Waals surface area contributed by atoms with Gasteiger partial charge in [0, 0.05) is 29.3 Å². The maximum Gasteiger partial charge on any atom is 0.317 e. The van der Waals surface area contributed by atoms with E-state index in [2.05, 4.69) is 36.5 Å². The van der Waals surface area contributed by atoms with Crippen molar-refractivity contribution in [1.82, 2.24) is 10.2 Å². The Kier molecular flexibility index (Phi) is 5.39. The highest BCUT2D eigenvalue weighted by Crippen LogP contribution is 2.30. The summed E-state index contributed by atoms with van der Waals surface area (Å²) in [4.78, 5) is 15.4. The highest BCUT2D eigenvalue weighted by molar-refractivity contribution is 8.00. The minimum absolute atomic E-state index is 0.0818. The summed E-state index contributed by atoms with van der Waals surface area (Å²) in [7, 11) is -2.96. The third kappa shape index (κ3) is 4.66. The number of amides is 2. The summed E-state index contributed by atoms with van der Waals surface area (Å²) >= 11 is 1.89. The van der Waals surface area contributed by atoms with E-state index in [1.807, 2.05) is 16.7 Å². The lowest BCUT2D eigenvalue weighted by Crippen LogP contribution is -2.48. The second-order valence-electron chi connectivity index (χ2n) is 6.67. The first-order valence-electron chi connectivity index (χ1n) is 8.40. The highest BCUT2D eigenvalue weighted by atomic mass is 32.2. The molecule has 0 spiro atoms. The average molecular weight is 369 g/mol. The zero-order valence-electron chi connectivity index (χ0n) is 13.9. The van der Waals surface area contributed by atoms with Gasteiger partial charge in [-0.2, -0.15) is 0 Å². The van der Waals surface area contributed by atoms with Gasteiger partial charge in [-0.05, 0) is 38.3 Å². The predicted molar refractivity (Wildman–Crippen MR) is 97.2 cm³/mol. The van der Waals surface area contributed by atoms with Gasteiger partial charge in [0.25, 0.3) is 0 Å². The van der Waals surface area contributed by atoms with Crippen LogP contribution in [0, 0.1) is 6.92 Å². The first-order valence-corrected chi connectivity index (χ1v) is 11.1. The average Bonchev–Trinajstić information content (AvgIpc) is 2.87. The number of piperidine rings is 1. The maximum atomic E-state index is 12.3. The number of likely N-dealkylation sites (tertiary alicyclic amines) is 1. The first-order chi connectivity index (χ1) is 11.4. The van der Waals surface area contributed by atoms with E-state index in [0.717, 1.165) is 25.9 Å². The standard InChI is InChI=1S/C17H24N2O3S2/c1-13-3-2-4-16(11-13)23-15-5-8-19(9-6-15)17(20)18-14-7-10-24(21,22)12-14/h2-4,11,14-15H,5-10,12H2,1H3,(H,18,20). The number of nitrogens with one attached hydrogen (secondary N) is 1. The summed E-state index contributed by atoms with van der Waals surface area (Å²) in [5.74, 6) is 0.269. The fourth-order valence-corrected chi connectivity index (χ4v) is 6.15. The Balaban J connectivity index is 1.45. The second kappa shape index (κ2) is 7.35. The van der Waals surface area contributed by atoms with Gasteiger partial charge < -0.3 is 10.2 Å². The Morgan fingerprint density at radius 3 is 2.62 bits per heavy atom. The van der Waals surface area contributed by atoms with Crippen LogP contribution in [0.5, 0.6) is 0 Å². The third-order valence-corrected chi connectivity index (χ3v) is 7.68. The Hall–Kier alpha value is -1.21. The molecule has 7 heteroatoms. The fourth-order valence-electron chi connectivity index (χ4n) is 3.23. The lowest BCUT2D eigenvalue weighted by atomic mass is 10.1. The summed E-state index contributed by atoms with van der Waals surface area (Å²) in [6, 6.07) is 8.18.